The quantitative estimate of drug-likeness (QED) is 0.670. The number of anilines is 2. The molecule has 0 saturated carbocycles. The van der Waals surface area contributed by atoms with Crippen LogP contribution in [0.2, 0.25) is 0 Å². The van der Waals surface area contributed by atoms with Gasteiger partial charge in [0.05, 0.1) is 36.2 Å². The second-order valence-corrected chi connectivity index (χ2v) is 6.06. The second kappa shape index (κ2) is 9.63. The minimum absolute atomic E-state index is 0.108. The van der Waals surface area contributed by atoms with Gasteiger partial charge in [-0.1, -0.05) is 23.9 Å². The van der Waals surface area contributed by atoms with Gasteiger partial charge in [0.2, 0.25) is 5.91 Å². The van der Waals surface area contributed by atoms with E-state index in [4.69, 9.17) is 10.00 Å². The minimum atomic E-state index is -2.58. The highest BCUT2D eigenvalue weighted by molar-refractivity contribution is 7.99. The highest BCUT2D eigenvalue weighted by Gasteiger charge is 2.12. The number of nitriles is 1. The zero-order valence-electron chi connectivity index (χ0n) is 14.0. The first-order valence-corrected chi connectivity index (χ1v) is 8.66. The Morgan fingerprint density at radius 2 is 2.04 bits per heavy atom. The molecule has 0 unspecified atom stereocenters. The summed E-state index contributed by atoms with van der Waals surface area (Å²) in [6.45, 7) is 2.15. The van der Waals surface area contributed by atoms with Crippen molar-refractivity contribution in [3.05, 3.63) is 48.0 Å². The Balaban J connectivity index is 2.05. The third-order valence-corrected chi connectivity index (χ3v) is 4.01. The van der Waals surface area contributed by atoms with Gasteiger partial charge >= 0.3 is 0 Å². The number of alkyl halides is 2. The van der Waals surface area contributed by atoms with Crippen molar-refractivity contribution in [2.75, 3.05) is 23.8 Å². The lowest BCUT2D eigenvalue weighted by atomic mass is 10.2. The molecule has 0 aromatic heterocycles. The van der Waals surface area contributed by atoms with E-state index >= 15 is 0 Å². The normalized spacial score (nSPS) is 10.3. The van der Waals surface area contributed by atoms with Crippen LogP contribution < -0.4 is 15.4 Å². The molecule has 2 aromatic carbocycles. The van der Waals surface area contributed by atoms with Gasteiger partial charge in [0.15, 0.2) is 0 Å². The van der Waals surface area contributed by atoms with Gasteiger partial charge in [-0.15, -0.1) is 0 Å². The highest BCUT2D eigenvalue weighted by Crippen LogP contribution is 2.31. The summed E-state index contributed by atoms with van der Waals surface area (Å²) in [5.41, 5.74) is 1.26. The Bertz CT molecular complexity index is 809. The van der Waals surface area contributed by atoms with E-state index in [1.54, 1.807) is 36.4 Å². The van der Waals surface area contributed by atoms with Crippen LogP contribution in [0, 0.1) is 11.3 Å². The summed E-state index contributed by atoms with van der Waals surface area (Å²) in [5.74, 6) is -2.46. The van der Waals surface area contributed by atoms with Crippen LogP contribution in [0.25, 0.3) is 0 Å². The Labute approximate surface area is 154 Å². The van der Waals surface area contributed by atoms with E-state index in [9.17, 15) is 13.6 Å². The van der Waals surface area contributed by atoms with Crippen LogP contribution in [0.5, 0.6) is 5.75 Å². The van der Waals surface area contributed by atoms with E-state index in [0.29, 0.717) is 41.1 Å². The number of halogens is 2. The summed E-state index contributed by atoms with van der Waals surface area (Å²) in [6, 6.07) is 13.2. The molecule has 5 nitrogen and oxygen atoms in total. The first-order valence-electron chi connectivity index (χ1n) is 7.78. The van der Waals surface area contributed by atoms with Crippen molar-refractivity contribution in [2.45, 2.75) is 17.6 Å². The van der Waals surface area contributed by atoms with Crippen LogP contribution in [-0.2, 0) is 4.79 Å². The van der Waals surface area contributed by atoms with Gasteiger partial charge in [-0.25, -0.2) is 0 Å². The fraction of sp³-hybridized carbons (Fsp3) is 0.222. The number of carbonyl (C=O) groups excluding carboxylic acids is 1. The van der Waals surface area contributed by atoms with E-state index in [-0.39, 0.29) is 11.4 Å². The molecule has 0 heterocycles. The second-order valence-electron chi connectivity index (χ2n) is 5.03. The smallest absolute Gasteiger partial charge is 0.288 e. The first kappa shape index (κ1) is 19.5. The molecule has 2 N–H and O–H groups in total. The highest BCUT2D eigenvalue weighted by atomic mass is 32.2. The molecule has 0 spiro atoms. The molecule has 2 rings (SSSR count). The number of hydrogen-bond acceptors (Lipinski definition) is 5. The predicted molar refractivity (Wildman–Crippen MR) is 97.7 cm³/mol. The summed E-state index contributed by atoms with van der Waals surface area (Å²) < 4.78 is 30.6. The fourth-order valence-corrected chi connectivity index (χ4v) is 2.75. The van der Waals surface area contributed by atoms with Gasteiger partial charge in [-0.2, -0.15) is 14.0 Å². The summed E-state index contributed by atoms with van der Waals surface area (Å²) in [6.07, 6.45) is 0. The number of para-hydroxylation sites is 1. The molecule has 0 fully saturated rings. The number of nitrogens with one attached hydrogen (secondary N) is 2. The molecule has 136 valence electrons. The van der Waals surface area contributed by atoms with Gasteiger partial charge in [0.25, 0.3) is 5.76 Å². The molecule has 0 bridgehead atoms. The molecular formula is C18H17F2N3O2S. The third kappa shape index (κ3) is 5.63. The number of carbonyl (C=O) groups is 1. The monoisotopic (exact) mass is 377 g/mol. The zero-order valence-corrected chi connectivity index (χ0v) is 14.8. The number of benzene rings is 2. The number of thioether (sulfide) groups is 1. The van der Waals surface area contributed by atoms with Crippen molar-refractivity contribution in [2.24, 2.45) is 0 Å². The molecule has 8 heteroatoms. The Hall–Kier alpha value is -2.79. The zero-order chi connectivity index (χ0) is 18.9. The van der Waals surface area contributed by atoms with Gasteiger partial charge in [0, 0.05) is 4.90 Å². The Morgan fingerprint density at radius 1 is 1.27 bits per heavy atom. The predicted octanol–water partition coefficient (Wildman–Crippen LogP) is 4.32. The van der Waals surface area contributed by atoms with Crippen molar-refractivity contribution < 1.29 is 18.3 Å². The third-order valence-electron chi connectivity index (χ3n) is 3.23. The van der Waals surface area contributed by atoms with Gasteiger partial charge in [-0.05, 0) is 37.3 Å². The van der Waals surface area contributed by atoms with Crippen LogP contribution in [0.3, 0.4) is 0 Å². The molecule has 0 atom stereocenters. The summed E-state index contributed by atoms with van der Waals surface area (Å²) in [5, 5.41) is 14.5. The van der Waals surface area contributed by atoms with Gasteiger partial charge in [0.1, 0.15) is 5.75 Å². The number of nitrogens with zero attached hydrogens (tertiary/aromatic N) is 1. The number of ether oxygens (including phenoxy) is 1. The maximum atomic E-state index is 12.6. The molecule has 1 amide bonds. The lowest BCUT2D eigenvalue weighted by Crippen LogP contribution is -2.22. The summed E-state index contributed by atoms with van der Waals surface area (Å²) in [7, 11) is 0. The van der Waals surface area contributed by atoms with Crippen LogP contribution in [0.4, 0.5) is 20.2 Å². The molecule has 2 aromatic rings. The summed E-state index contributed by atoms with van der Waals surface area (Å²) in [4.78, 5) is 12.5. The topological polar surface area (TPSA) is 74.1 Å². The Kier molecular flexibility index (Phi) is 7.24. The van der Waals surface area contributed by atoms with Crippen molar-refractivity contribution in [3.8, 4) is 11.8 Å². The molecule has 0 radical (unpaired) electrons. The average Bonchev–Trinajstić information content (AvgIpc) is 2.62. The van der Waals surface area contributed by atoms with E-state index < -0.39 is 11.7 Å². The number of hydrogen-bond donors (Lipinski definition) is 2. The van der Waals surface area contributed by atoms with Crippen LogP contribution in [-0.4, -0.2) is 24.8 Å². The van der Waals surface area contributed by atoms with E-state index in [0.717, 1.165) is 0 Å². The van der Waals surface area contributed by atoms with Crippen LogP contribution in [0.15, 0.2) is 47.4 Å². The summed E-state index contributed by atoms with van der Waals surface area (Å²) >= 11 is 0.371. The number of rotatable bonds is 8. The van der Waals surface area contributed by atoms with E-state index in [1.807, 2.05) is 13.0 Å². The lowest BCUT2D eigenvalue weighted by Gasteiger charge is -2.14. The van der Waals surface area contributed by atoms with Crippen molar-refractivity contribution >= 4 is 29.0 Å². The van der Waals surface area contributed by atoms with Gasteiger partial charge < -0.3 is 15.4 Å². The molecule has 0 saturated heterocycles. The van der Waals surface area contributed by atoms with E-state index in [2.05, 4.69) is 10.6 Å². The standard InChI is InChI=1S/C18H17F2N3O2S/c1-2-25-15-8-7-12(10-21)9-14(15)22-11-17(24)23-13-5-3-4-6-16(13)26-18(19)20/h3-9,18,22H,2,11H2,1H3,(H,23,24). The first-order chi connectivity index (χ1) is 12.5. The average molecular weight is 377 g/mol. The number of amides is 1. The van der Waals surface area contributed by atoms with Crippen LogP contribution in [0.1, 0.15) is 12.5 Å². The maximum Gasteiger partial charge on any atom is 0.288 e. The molecule has 0 aliphatic heterocycles. The molecule has 0 aliphatic carbocycles. The van der Waals surface area contributed by atoms with Crippen molar-refractivity contribution in [1.29, 1.82) is 5.26 Å². The Morgan fingerprint density at radius 3 is 2.73 bits per heavy atom. The molecule has 0 aliphatic rings. The molecular weight excluding hydrogens is 360 g/mol. The van der Waals surface area contributed by atoms with Crippen molar-refractivity contribution in [1.82, 2.24) is 0 Å². The van der Waals surface area contributed by atoms with Crippen molar-refractivity contribution in [3.63, 3.8) is 0 Å². The fourth-order valence-electron chi connectivity index (χ4n) is 2.16. The van der Waals surface area contributed by atoms with Crippen LogP contribution >= 0.6 is 11.8 Å². The van der Waals surface area contributed by atoms with Gasteiger partial charge in [-0.3, -0.25) is 4.79 Å². The minimum Gasteiger partial charge on any atom is -0.492 e. The lowest BCUT2D eigenvalue weighted by molar-refractivity contribution is -0.114. The molecule has 26 heavy (non-hydrogen) atoms. The largest absolute Gasteiger partial charge is 0.492 e. The SMILES string of the molecule is CCOc1ccc(C#N)cc1NCC(=O)Nc1ccccc1SC(F)F. The van der Waals surface area contributed by atoms with E-state index in [1.165, 1.54) is 6.07 Å². The maximum absolute atomic E-state index is 12.6.